The van der Waals surface area contributed by atoms with E-state index in [0.29, 0.717) is 18.0 Å². The molecule has 172 valence electrons. The number of hydrogen-bond acceptors (Lipinski definition) is 2. The van der Waals surface area contributed by atoms with E-state index in [1.165, 1.54) is 0 Å². The summed E-state index contributed by atoms with van der Waals surface area (Å²) in [6.07, 6.45) is 0.646. The average molecular weight is 463 g/mol. The second kappa shape index (κ2) is 11.7. The van der Waals surface area contributed by atoms with Gasteiger partial charge in [-0.1, -0.05) is 89.5 Å². The van der Waals surface area contributed by atoms with E-state index >= 15 is 0 Å². The van der Waals surface area contributed by atoms with Crippen LogP contribution < -0.4 is 5.32 Å². The van der Waals surface area contributed by atoms with Crippen LogP contribution in [0.3, 0.4) is 0 Å². The summed E-state index contributed by atoms with van der Waals surface area (Å²) >= 11 is 6.44. The SMILES string of the molecule is CCNC(=O)C(Cc1ccccc1)N(Cc1ccccc1Cl)C(=O)Cc1cc(C)cc(C)c1. The molecule has 0 aliphatic carbocycles. The maximum absolute atomic E-state index is 13.7. The number of hydrogen-bond donors (Lipinski definition) is 1. The first-order chi connectivity index (χ1) is 15.9. The van der Waals surface area contributed by atoms with Crippen molar-refractivity contribution < 1.29 is 9.59 Å². The summed E-state index contributed by atoms with van der Waals surface area (Å²) in [5.41, 5.74) is 4.98. The Morgan fingerprint density at radius 2 is 1.55 bits per heavy atom. The molecular weight excluding hydrogens is 432 g/mol. The first-order valence-corrected chi connectivity index (χ1v) is 11.7. The number of aryl methyl sites for hydroxylation is 2. The van der Waals surface area contributed by atoms with Crippen molar-refractivity contribution in [2.24, 2.45) is 0 Å². The summed E-state index contributed by atoms with van der Waals surface area (Å²) in [5.74, 6) is -0.269. The van der Waals surface area contributed by atoms with Crippen LogP contribution in [-0.4, -0.2) is 29.3 Å². The minimum absolute atomic E-state index is 0.105. The van der Waals surface area contributed by atoms with Crippen molar-refractivity contribution in [3.63, 3.8) is 0 Å². The zero-order valence-electron chi connectivity index (χ0n) is 19.5. The zero-order chi connectivity index (χ0) is 23.8. The molecule has 3 aromatic rings. The first kappa shape index (κ1) is 24.5. The largest absolute Gasteiger partial charge is 0.355 e. The molecule has 0 radical (unpaired) electrons. The Hall–Kier alpha value is -3.11. The number of carbonyl (C=O) groups excluding carboxylic acids is 2. The minimum atomic E-state index is -0.651. The van der Waals surface area contributed by atoms with E-state index < -0.39 is 6.04 Å². The summed E-state index contributed by atoms with van der Waals surface area (Å²) < 4.78 is 0. The topological polar surface area (TPSA) is 49.4 Å². The maximum Gasteiger partial charge on any atom is 0.243 e. The molecule has 0 aliphatic heterocycles. The molecule has 3 rings (SSSR count). The van der Waals surface area contributed by atoms with E-state index in [4.69, 9.17) is 11.6 Å². The molecule has 33 heavy (non-hydrogen) atoms. The van der Waals surface area contributed by atoms with Gasteiger partial charge in [-0.25, -0.2) is 0 Å². The van der Waals surface area contributed by atoms with Gasteiger partial charge in [-0.2, -0.15) is 0 Å². The highest BCUT2D eigenvalue weighted by Gasteiger charge is 2.30. The van der Waals surface area contributed by atoms with E-state index in [1.807, 2.05) is 87.5 Å². The van der Waals surface area contributed by atoms with Gasteiger partial charge in [0.2, 0.25) is 11.8 Å². The number of benzene rings is 3. The normalized spacial score (nSPS) is 11.6. The number of nitrogens with zero attached hydrogens (tertiary/aromatic N) is 1. The summed E-state index contributed by atoms with van der Waals surface area (Å²) in [5, 5.41) is 3.50. The lowest BCUT2D eigenvalue weighted by Gasteiger charge is -2.32. The van der Waals surface area contributed by atoms with Crippen LogP contribution >= 0.6 is 11.6 Å². The van der Waals surface area contributed by atoms with Crippen molar-refractivity contribution in [3.05, 3.63) is 106 Å². The third kappa shape index (κ3) is 6.93. The smallest absolute Gasteiger partial charge is 0.243 e. The van der Waals surface area contributed by atoms with Crippen molar-refractivity contribution in [1.82, 2.24) is 10.2 Å². The fraction of sp³-hybridized carbons (Fsp3) is 0.286. The molecule has 0 fully saturated rings. The summed E-state index contributed by atoms with van der Waals surface area (Å²) in [4.78, 5) is 28.6. The summed E-state index contributed by atoms with van der Waals surface area (Å²) in [7, 11) is 0. The van der Waals surface area contributed by atoms with E-state index in [1.54, 1.807) is 4.90 Å². The van der Waals surface area contributed by atoms with Crippen LogP contribution in [0.2, 0.25) is 5.02 Å². The van der Waals surface area contributed by atoms with Gasteiger partial charge in [-0.15, -0.1) is 0 Å². The maximum atomic E-state index is 13.7. The standard InChI is InChI=1S/C28H31ClN2O2/c1-4-30-28(33)26(17-22-10-6-5-7-11-22)31(19-24-12-8-9-13-25(24)29)27(32)18-23-15-20(2)14-21(3)16-23/h5-16,26H,4,17-19H2,1-3H3,(H,30,33). The van der Waals surface area contributed by atoms with E-state index in [0.717, 1.165) is 27.8 Å². The molecule has 3 aromatic carbocycles. The minimum Gasteiger partial charge on any atom is -0.355 e. The molecule has 2 amide bonds. The quantitative estimate of drug-likeness (QED) is 0.470. The van der Waals surface area contributed by atoms with Crippen LogP contribution in [0.4, 0.5) is 0 Å². The van der Waals surface area contributed by atoms with Crippen molar-refractivity contribution in [2.75, 3.05) is 6.54 Å². The van der Waals surface area contributed by atoms with Gasteiger partial charge in [0.25, 0.3) is 0 Å². The Labute approximate surface area is 201 Å². The van der Waals surface area contributed by atoms with Crippen LogP contribution in [0.1, 0.15) is 34.7 Å². The number of likely N-dealkylation sites (N-methyl/N-ethyl adjacent to an activating group) is 1. The van der Waals surface area contributed by atoms with Crippen LogP contribution in [0.15, 0.2) is 72.8 Å². The van der Waals surface area contributed by atoms with Gasteiger partial charge in [0.05, 0.1) is 6.42 Å². The molecule has 5 heteroatoms. The van der Waals surface area contributed by atoms with E-state index in [2.05, 4.69) is 11.4 Å². The summed E-state index contributed by atoms with van der Waals surface area (Å²) in [6.45, 7) is 6.69. The van der Waals surface area contributed by atoms with Crippen molar-refractivity contribution in [3.8, 4) is 0 Å². The van der Waals surface area contributed by atoms with E-state index in [-0.39, 0.29) is 24.8 Å². The molecule has 1 unspecified atom stereocenters. The molecule has 4 nitrogen and oxygen atoms in total. The highest BCUT2D eigenvalue weighted by Crippen LogP contribution is 2.22. The molecular formula is C28H31ClN2O2. The molecule has 0 aliphatic rings. The molecule has 0 spiro atoms. The highest BCUT2D eigenvalue weighted by atomic mass is 35.5. The van der Waals surface area contributed by atoms with Gasteiger partial charge < -0.3 is 10.2 Å². The summed E-state index contributed by atoms with van der Waals surface area (Å²) in [6, 6.07) is 22.7. The Kier molecular flexibility index (Phi) is 8.67. The van der Waals surface area contributed by atoms with Crippen LogP contribution in [0.5, 0.6) is 0 Å². The van der Waals surface area contributed by atoms with Crippen LogP contribution in [0.25, 0.3) is 0 Å². The molecule has 1 atom stereocenters. The predicted octanol–water partition coefficient (Wildman–Crippen LogP) is 5.28. The van der Waals surface area contributed by atoms with Gasteiger partial charge in [0.15, 0.2) is 0 Å². The molecule has 0 aromatic heterocycles. The van der Waals surface area contributed by atoms with Gasteiger partial charge in [-0.05, 0) is 43.5 Å². The Balaban J connectivity index is 1.98. The lowest BCUT2D eigenvalue weighted by molar-refractivity contribution is -0.140. The fourth-order valence-corrected chi connectivity index (χ4v) is 4.30. The number of nitrogens with one attached hydrogen (secondary N) is 1. The van der Waals surface area contributed by atoms with Crippen molar-refractivity contribution in [1.29, 1.82) is 0 Å². The highest BCUT2D eigenvalue weighted by molar-refractivity contribution is 6.31. The Morgan fingerprint density at radius 1 is 0.909 bits per heavy atom. The Morgan fingerprint density at radius 3 is 2.18 bits per heavy atom. The average Bonchev–Trinajstić information content (AvgIpc) is 2.77. The number of amides is 2. The van der Waals surface area contributed by atoms with Crippen LogP contribution in [0, 0.1) is 13.8 Å². The van der Waals surface area contributed by atoms with Gasteiger partial charge in [-0.3, -0.25) is 9.59 Å². The zero-order valence-corrected chi connectivity index (χ0v) is 20.2. The molecule has 0 saturated heterocycles. The van der Waals surface area contributed by atoms with Crippen molar-refractivity contribution >= 4 is 23.4 Å². The predicted molar refractivity (Wildman–Crippen MR) is 134 cm³/mol. The number of rotatable bonds is 9. The number of carbonyl (C=O) groups is 2. The molecule has 0 saturated carbocycles. The first-order valence-electron chi connectivity index (χ1n) is 11.3. The second-order valence-corrected chi connectivity index (χ2v) is 8.79. The van der Waals surface area contributed by atoms with Gasteiger partial charge in [0.1, 0.15) is 6.04 Å². The second-order valence-electron chi connectivity index (χ2n) is 8.39. The monoisotopic (exact) mass is 462 g/mol. The van der Waals surface area contributed by atoms with Crippen molar-refractivity contribution in [2.45, 2.75) is 46.2 Å². The lowest BCUT2D eigenvalue weighted by Crippen LogP contribution is -2.51. The molecule has 0 bridgehead atoms. The fourth-order valence-electron chi connectivity index (χ4n) is 4.10. The molecule has 0 heterocycles. The third-order valence-corrected chi connectivity index (χ3v) is 5.93. The number of halogens is 1. The molecule has 1 N–H and O–H groups in total. The van der Waals surface area contributed by atoms with Gasteiger partial charge in [0, 0.05) is 24.5 Å². The third-order valence-electron chi connectivity index (χ3n) is 5.56. The van der Waals surface area contributed by atoms with Gasteiger partial charge >= 0.3 is 0 Å². The van der Waals surface area contributed by atoms with E-state index in [9.17, 15) is 9.59 Å². The Bertz CT molecular complexity index is 1080. The lowest BCUT2D eigenvalue weighted by atomic mass is 10.0. The van der Waals surface area contributed by atoms with Crippen LogP contribution in [-0.2, 0) is 29.0 Å².